The van der Waals surface area contributed by atoms with E-state index in [1.807, 2.05) is 9.71 Å². The first-order valence-electron chi connectivity index (χ1n) is 5.11. The Morgan fingerprint density at radius 3 is 2.47 bits per heavy atom. The van der Waals surface area contributed by atoms with Crippen molar-refractivity contribution in [3.8, 4) is 0 Å². The van der Waals surface area contributed by atoms with Crippen LogP contribution in [0.4, 0.5) is 0 Å². The fourth-order valence-electron chi connectivity index (χ4n) is 1.03. The van der Waals surface area contributed by atoms with Crippen molar-refractivity contribution in [2.75, 3.05) is 6.54 Å². The van der Waals surface area contributed by atoms with Gasteiger partial charge in [-0.3, -0.25) is 14.6 Å². The number of carboxylic acid groups (broad SMARTS) is 1. The van der Waals surface area contributed by atoms with Gasteiger partial charge in [-0.2, -0.15) is 0 Å². The Morgan fingerprint density at radius 1 is 1.42 bits per heavy atom. The number of aromatic amines is 2. The van der Waals surface area contributed by atoms with Gasteiger partial charge in [0.25, 0.3) is 5.56 Å². The second-order valence-corrected chi connectivity index (χ2v) is 6.19. The van der Waals surface area contributed by atoms with Crippen LogP contribution in [0.15, 0.2) is 20.7 Å². The molecular formula is C9H13N3O6S. The number of nitrogens with one attached hydrogen (secondary N) is 3. The standard InChI is InChI=1S/C9H13N3O6S/c1-9(2,7(14)15)4-11-19(17,18)5-3-10-8(16)12-6(5)13/h3,11H,4H2,1-2H3,(H,14,15)(H2,10,12,13,16). The molecule has 19 heavy (non-hydrogen) atoms. The molecular weight excluding hydrogens is 278 g/mol. The predicted molar refractivity (Wildman–Crippen MR) is 64.3 cm³/mol. The molecule has 0 bridgehead atoms. The van der Waals surface area contributed by atoms with Gasteiger partial charge in [-0.1, -0.05) is 0 Å². The molecule has 1 heterocycles. The molecule has 0 saturated carbocycles. The van der Waals surface area contributed by atoms with E-state index in [4.69, 9.17) is 5.11 Å². The summed E-state index contributed by atoms with van der Waals surface area (Å²) in [5.74, 6) is -1.19. The molecule has 0 aromatic carbocycles. The Bertz CT molecular complexity index is 699. The highest BCUT2D eigenvalue weighted by atomic mass is 32.2. The van der Waals surface area contributed by atoms with Gasteiger partial charge in [-0.25, -0.2) is 17.9 Å². The molecule has 10 heteroatoms. The summed E-state index contributed by atoms with van der Waals surface area (Å²) in [5, 5.41) is 8.85. The molecule has 1 aromatic rings. The fraction of sp³-hybridized carbons (Fsp3) is 0.444. The van der Waals surface area contributed by atoms with Gasteiger partial charge in [0.1, 0.15) is 0 Å². The maximum atomic E-state index is 11.8. The molecule has 0 aliphatic heterocycles. The predicted octanol–water partition coefficient (Wildman–Crippen LogP) is -1.55. The maximum Gasteiger partial charge on any atom is 0.325 e. The molecule has 0 spiro atoms. The SMILES string of the molecule is CC(C)(CNS(=O)(=O)c1c[nH]c(=O)[nH]c1=O)C(=O)O. The van der Waals surface area contributed by atoms with Crippen LogP contribution >= 0.6 is 0 Å². The number of rotatable bonds is 5. The summed E-state index contributed by atoms with van der Waals surface area (Å²) in [5.41, 5.74) is -3.25. The van der Waals surface area contributed by atoms with Crippen molar-refractivity contribution < 1.29 is 18.3 Å². The van der Waals surface area contributed by atoms with Crippen molar-refractivity contribution in [1.29, 1.82) is 0 Å². The molecule has 0 radical (unpaired) electrons. The average molecular weight is 291 g/mol. The maximum absolute atomic E-state index is 11.8. The summed E-state index contributed by atoms with van der Waals surface area (Å²) in [4.78, 5) is 36.0. The molecule has 9 nitrogen and oxygen atoms in total. The molecule has 0 aliphatic carbocycles. The minimum absolute atomic E-state index is 0.400. The van der Waals surface area contributed by atoms with Crippen LogP contribution in [0.1, 0.15) is 13.8 Å². The number of sulfonamides is 1. The van der Waals surface area contributed by atoms with Gasteiger partial charge < -0.3 is 10.1 Å². The van der Waals surface area contributed by atoms with E-state index in [0.29, 0.717) is 0 Å². The van der Waals surface area contributed by atoms with Gasteiger partial charge in [0.2, 0.25) is 10.0 Å². The third-order valence-corrected chi connectivity index (χ3v) is 3.76. The number of H-pyrrole nitrogens is 2. The summed E-state index contributed by atoms with van der Waals surface area (Å²) < 4.78 is 25.6. The lowest BCUT2D eigenvalue weighted by atomic mass is 9.95. The molecule has 1 rings (SSSR count). The lowest BCUT2D eigenvalue weighted by Crippen LogP contribution is -2.41. The van der Waals surface area contributed by atoms with Crippen LogP contribution in [-0.2, 0) is 14.8 Å². The average Bonchev–Trinajstić information content (AvgIpc) is 2.26. The topological polar surface area (TPSA) is 149 Å². The van der Waals surface area contributed by atoms with Gasteiger partial charge in [0, 0.05) is 12.7 Å². The van der Waals surface area contributed by atoms with Crippen molar-refractivity contribution in [2.45, 2.75) is 18.7 Å². The first-order valence-corrected chi connectivity index (χ1v) is 6.60. The lowest BCUT2D eigenvalue weighted by Gasteiger charge is -2.19. The monoisotopic (exact) mass is 291 g/mol. The first kappa shape index (κ1) is 15.1. The van der Waals surface area contributed by atoms with Crippen LogP contribution in [0, 0.1) is 5.41 Å². The Balaban J connectivity index is 3.04. The highest BCUT2D eigenvalue weighted by Crippen LogP contribution is 2.14. The van der Waals surface area contributed by atoms with Crippen molar-refractivity contribution >= 4 is 16.0 Å². The van der Waals surface area contributed by atoms with E-state index in [1.165, 1.54) is 13.8 Å². The number of aliphatic carboxylic acids is 1. The second-order valence-electron chi connectivity index (χ2n) is 4.45. The summed E-state index contributed by atoms with van der Waals surface area (Å²) in [6.07, 6.45) is 0.747. The van der Waals surface area contributed by atoms with Crippen LogP contribution in [-0.4, -0.2) is 36.0 Å². The highest BCUT2D eigenvalue weighted by Gasteiger charge is 2.30. The zero-order chi connectivity index (χ0) is 14.8. The van der Waals surface area contributed by atoms with Gasteiger partial charge in [0.05, 0.1) is 5.41 Å². The van der Waals surface area contributed by atoms with Crippen LogP contribution in [0.5, 0.6) is 0 Å². The Morgan fingerprint density at radius 2 is 2.00 bits per heavy atom. The fourth-order valence-corrected chi connectivity index (χ4v) is 2.24. The van der Waals surface area contributed by atoms with E-state index >= 15 is 0 Å². The number of hydrogen-bond acceptors (Lipinski definition) is 5. The molecule has 0 fully saturated rings. The molecule has 1 aromatic heterocycles. The number of carboxylic acids is 1. The number of hydrogen-bond donors (Lipinski definition) is 4. The normalized spacial score (nSPS) is 12.3. The largest absolute Gasteiger partial charge is 0.481 e. The molecule has 4 N–H and O–H groups in total. The Labute approximate surface area is 107 Å². The van der Waals surface area contributed by atoms with Crippen LogP contribution in [0.25, 0.3) is 0 Å². The van der Waals surface area contributed by atoms with Gasteiger partial charge >= 0.3 is 11.7 Å². The zero-order valence-electron chi connectivity index (χ0n) is 10.2. The van der Waals surface area contributed by atoms with Crippen LogP contribution in [0.3, 0.4) is 0 Å². The lowest BCUT2D eigenvalue weighted by molar-refractivity contribution is -0.146. The summed E-state index contributed by atoms with van der Waals surface area (Å²) in [6.45, 7) is 2.26. The third-order valence-electron chi connectivity index (χ3n) is 2.36. The van der Waals surface area contributed by atoms with Gasteiger partial charge in [0.15, 0.2) is 4.90 Å². The van der Waals surface area contributed by atoms with E-state index < -0.39 is 44.1 Å². The zero-order valence-corrected chi connectivity index (χ0v) is 11.0. The van der Waals surface area contributed by atoms with E-state index in [2.05, 4.69) is 0 Å². The van der Waals surface area contributed by atoms with Gasteiger partial charge in [-0.05, 0) is 13.8 Å². The van der Waals surface area contributed by atoms with Crippen molar-refractivity contribution in [1.82, 2.24) is 14.7 Å². The molecule has 0 unspecified atom stereocenters. The summed E-state index contributed by atoms with van der Waals surface area (Å²) >= 11 is 0. The van der Waals surface area contributed by atoms with Crippen LogP contribution in [0.2, 0.25) is 0 Å². The second kappa shape index (κ2) is 4.97. The molecule has 0 aliphatic rings. The van der Waals surface area contributed by atoms with E-state index in [-0.39, 0.29) is 0 Å². The van der Waals surface area contributed by atoms with Gasteiger partial charge in [-0.15, -0.1) is 0 Å². The number of carbonyl (C=O) groups is 1. The molecule has 0 atom stereocenters. The quantitative estimate of drug-likeness (QED) is 0.516. The van der Waals surface area contributed by atoms with Crippen LogP contribution < -0.4 is 16.0 Å². The minimum Gasteiger partial charge on any atom is -0.481 e. The first-order chi connectivity index (χ1) is 8.56. The van der Waals surface area contributed by atoms with E-state index in [0.717, 1.165) is 6.20 Å². The minimum atomic E-state index is -4.20. The molecule has 0 amide bonds. The van der Waals surface area contributed by atoms with Crippen molar-refractivity contribution in [3.05, 3.63) is 27.0 Å². The Hall–Kier alpha value is -1.94. The number of aromatic nitrogens is 2. The highest BCUT2D eigenvalue weighted by molar-refractivity contribution is 7.89. The Kier molecular flexibility index (Phi) is 3.96. The summed E-state index contributed by atoms with van der Waals surface area (Å²) in [7, 11) is -4.20. The third kappa shape index (κ3) is 3.51. The van der Waals surface area contributed by atoms with E-state index in [9.17, 15) is 22.8 Å². The van der Waals surface area contributed by atoms with Crippen molar-refractivity contribution in [2.24, 2.45) is 5.41 Å². The molecule has 0 saturated heterocycles. The van der Waals surface area contributed by atoms with Crippen molar-refractivity contribution in [3.63, 3.8) is 0 Å². The smallest absolute Gasteiger partial charge is 0.325 e. The van der Waals surface area contributed by atoms with E-state index in [1.54, 1.807) is 4.98 Å². The molecule has 106 valence electrons. The summed E-state index contributed by atoms with van der Waals surface area (Å²) in [6, 6.07) is 0.